The number of carbonyl (C=O) groups is 1. The zero-order chi connectivity index (χ0) is 11.5. The summed E-state index contributed by atoms with van der Waals surface area (Å²) in [6.45, 7) is 0.137. The van der Waals surface area contributed by atoms with Gasteiger partial charge in [0.05, 0.1) is 0 Å². The highest BCUT2D eigenvalue weighted by atomic mass is 16.3. The van der Waals surface area contributed by atoms with Crippen molar-refractivity contribution in [2.24, 2.45) is 5.92 Å². The summed E-state index contributed by atoms with van der Waals surface area (Å²) in [6, 6.07) is 1.69. The number of aromatic nitrogens is 1. The van der Waals surface area contributed by atoms with Crippen molar-refractivity contribution in [1.82, 2.24) is 10.3 Å². The molecule has 0 aromatic carbocycles. The summed E-state index contributed by atoms with van der Waals surface area (Å²) in [7, 11) is 0. The van der Waals surface area contributed by atoms with Crippen LogP contribution in [0.4, 0.5) is 5.69 Å². The van der Waals surface area contributed by atoms with E-state index in [4.69, 9.17) is 10.8 Å². The van der Waals surface area contributed by atoms with E-state index in [0.717, 1.165) is 19.3 Å². The Morgan fingerprint density at radius 1 is 1.62 bits per heavy atom. The van der Waals surface area contributed by atoms with Crippen LogP contribution in [0, 0.1) is 5.92 Å². The van der Waals surface area contributed by atoms with Crippen LogP contribution < -0.4 is 11.1 Å². The molecule has 0 bridgehead atoms. The Morgan fingerprint density at radius 3 is 3.06 bits per heavy atom. The van der Waals surface area contributed by atoms with Gasteiger partial charge < -0.3 is 21.1 Å². The maximum absolute atomic E-state index is 11.8. The van der Waals surface area contributed by atoms with E-state index in [9.17, 15) is 4.79 Å². The lowest BCUT2D eigenvalue weighted by atomic mass is 10.1. The van der Waals surface area contributed by atoms with Gasteiger partial charge in [-0.2, -0.15) is 0 Å². The van der Waals surface area contributed by atoms with Crippen LogP contribution in [0.15, 0.2) is 12.3 Å². The van der Waals surface area contributed by atoms with Gasteiger partial charge in [0.15, 0.2) is 0 Å². The number of H-pyrrole nitrogens is 1. The lowest BCUT2D eigenvalue weighted by Crippen LogP contribution is -2.38. The van der Waals surface area contributed by atoms with Gasteiger partial charge in [0.25, 0.3) is 5.91 Å². The molecule has 5 nitrogen and oxygen atoms in total. The highest BCUT2D eigenvalue weighted by molar-refractivity contribution is 5.93. The minimum Gasteiger partial charge on any atom is -0.397 e. The van der Waals surface area contributed by atoms with Crippen molar-refractivity contribution in [3.8, 4) is 0 Å². The molecule has 1 aromatic rings. The third-order valence-electron chi connectivity index (χ3n) is 3.16. The van der Waals surface area contributed by atoms with Gasteiger partial charge in [-0.15, -0.1) is 0 Å². The van der Waals surface area contributed by atoms with Crippen LogP contribution >= 0.6 is 0 Å². The SMILES string of the molecule is Nc1c[nH]c(C(=O)NC2CCCC2CO)c1. The van der Waals surface area contributed by atoms with E-state index in [2.05, 4.69) is 10.3 Å². The quantitative estimate of drug-likeness (QED) is 0.601. The second-order valence-corrected chi connectivity index (χ2v) is 4.30. The number of aromatic amines is 1. The van der Waals surface area contributed by atoms with E-state index in [1.54, 1.807) is 12.3 Å². The van der Waals surface area contributed by atoms with Gasteiger partial charge in [-0.3, -0.25) is 4.79 Å². The molecule has 1 aromatic heterocycles. The standard InChI is InChI=1S/C11H17N3O2/c12-8-4-10(13-5-8)11(16)14-9-3-1-2-7(9)6-15/h4-5,7,9,13,15H,1-3,6,12H2,(H,14,16). The molecule has 16 heavy (non-hydrogen) atoms. The number of amides is 1. The van der Waals surface area contributed by atoms with E-state index < -0.39 is 0 Å². The molecule has 0 radical (unpaired) electrons. The number of anilines is 1. The third kappa shape index (κ3) is 2.19. The average Bonchev–Trinajstić information content (AvgIpc) is 2.86. The van der Waals surface area contributed by atoms with Gasteiger partial charge >= 0.3 is 0 Å². The van der Waals surface area contributed by atoms with Crippen LogP contribution in [0.5, 0.6) is 0 Å². The lowest BCUT2D eigenvalue weighted by molar-refractivity contribution is 0.0911. The van der Waals surface area contributed by atoms with Crippen molar-refractivity contribution in [1.29, 1.82) is 0 Å². The van der Waals surface area contributed by atoms with Crippen molar-refractivity contribution in [2.45, 2.75) is 25.3 Å². The minimum atomic E-state index is -0.151. The molecule has 1 amide bonds. The average molecular weight is 223 g/mol. The number of aliphatic hydroxyl groups excluding tert-OH is 1. The monoisotopic (exact) mass is 223 g/mol. The third-order valence-corrected chi connectivity index (χ3v) is 3.16. The smallest absolute Gasteiger partial charge is 0.267 e. The Balaban J connectivity index is 1.97. The van der Waals surface area contributed by atoms with Crippen molar-refractivity contribution >= 4 is 11.6 Å². The minimum absolute atomic E-state index is 0.0852. The molecule has 1 aliphatic carbocycles. The summed E-state index contributed by atoms with van der Waals surface area (Å²) in [5.41, 5.74) is 6.55. The van der Waals surface area contributed by atoms with E-state index in [1.807, 2.05) is 0 Å². The molecule has 5 N–H and O–H groups in total. The topological polar surface area (TPSA) is 91.1 Å². The second-order valence-electron chi connectivity index (χ2n) is 4.30. The second kappa shape index (κ2) is 4.57. The van der Waals surface area contributed by atoms with E-state index in [-0.39, 0.29) is 24.5 Å². The van der Waals surface area contributed by atoms with Crippen LogP contribution in [-0.2, 0) is 0 Å². The first kappa shape index (κ1) is 11.0. The van der Waals surface area contributed by atoms with Crippen molar-refractivity contribution < 1.29 is 9.90 Å². The molecule has 1 aliphatic rings. The van der Waals surface area contributed by atoms with E-state index in [1.165, 1.54) is 0 Å². The Bertz CT molecular complexity index is 375. The van der Waals surface area contributed by atoms with Gasteiger partial charge in [0.1, 0.15) is 5.69 Å². The molecule has 0 aliphatic heterocycles. The van der Waals surface area contributed by atoms with Crippen molar-refractivity contribution in [2.75, 3.05) is 12.3 Å². The van der Waals surface area contributed by atoms with Gasteiger partial charge in [-0.05, 0) is 18.9 Å². The first-order chi connectivity index (χ1) is 7.70. The fourth-order valence-electron chi connectivity index (χ4n) is 2.23. The zero-order valence-electron chi connectivity index (χ0n) is 9.07. The highest BCUT2D eigenvalue weighted by Crippen LogP contribution is 2.25. The summed E-state index contributed by atoms with van der Waals surface area (Å²) in [5.74, 6) is 0.0401. The number of carbonyl (C=O) groups excluding carboxylic acids is 1. The van der Waals surface area contributed by atoms with Crippen LogP contribution in [0.2, 0.25) is 0 Å². The maximum Gasteiger partial charge on any atom is 0.267 e. The molecule has 1 fully saturated rings. The van der Waals surface area contributed by atoms with Crippen LogP contribution in [0.25, 0.3) is 0 Å². The lowest BCUT2D eigenvalue weighted by Gasteiger charge is -2.18. The molecular formula is C11H17N3O2. The molecule has 2 unspecified atom stereocenters. The van der Waals surface area contributed by atoms with Crippen LogP contribution in [0.3, 0.4) is 0 Å². The molecule has 1 heterocycles. The number of nitrogen functional groups attached to an aromatic ring is 1. The number of aliphatic hydroxyl groups is 1. The summed E-state index contributed by atoms with van der Waals surface area (Å²) in [5, 5.41) is 12.1. The number of hydrogen-bond acceptors (Lipinski definition) is 3. The number of hydrogen-bond donors (Lipinski definition) is 4. The maximum atomic E-state index is 11.8. The Morgan fingerprint density at radius 2 is 2.44 bits per heavy atom. The summed E-state index contributed by atoms with van der Waals surface area (Å²) in [4.78, 5) is 14.6. The molecule has 5 heteroatoms. The Kier molecular flexibility index (Phi) is 3.14. The van der Waals surface area contributed by atoms with Gasteiger partial charge in [-0.25, -0.2) is 0 Å². The fourth-order valence-corrected chi connectivity index (χ4v) is 2.23. The predicted molar refractivity (Wildman–Crippen MR) is 60.9 cm³/mol. The Labute approximate surface area is 94.0 Å². The Hall–Kier alpha value is -1.49. The number of rotatable bonds is 3. The molecule has 2 rings (SSSR count). The fraction of sp³-hybridized carbons (Fsp3) is 0.545. The first-order valence-corrected chi connectivity index (χ1v) is 5.56. The number of nitrogens with one attached hydrogen (secondary N) is 2. The van der Waals surface area contributed by atoms with Gasteiger partial charge in [-0.1, -0.05) is 6.42 Å². The molecule has 0 saturated heterocycles. The summed E-state index contributed by atoms with van der Waals surface area (Å²) < 4.78 is 0. The molecule has 1 saturated carbocycles. The van der Waals surface area contributed by atoms with Crippen LogP contribution in [0.1, 0.15) is 29.8 Å². The molecule has 2 atom stereocenters. The largest absolute Gasteiger partial charge is 0.397 e. The molecule has 88 valence electrons. The number of nitrogens with two attached hydrogens (primary N) is 1. The normalized spacial score (nSPS) is 24.6. The summed E-state index contributed by atoms with van der Waals surface area (Å²) >= 11 is 0. The highest BCUT2D eigenvalue weighted by Gasteiger charge is 2.28. The van der Waals surface area contributed by atoms with Crippen molar-refractivity contribution in [3.05, 3.63) is 18.0 Å². The van der Waals surface area contributed by atoms with E-state index >= 15 is 0 Å². The van der Waals surface area contributed by atoms with Crippen molar-refractivity contribution in [3.63, 3.8) is 0 Å². The summed E-state index contributed by atoms with van der Waals surface area (Å²) in [6.07, 6.45) is 4.57. The van der Waals surface area contributed by atoms with Crippen LogP contribution in [-0.4, -0.2) is 28.6 Å². The van der Waals surface area contributed by atoms with Gasteiger partial charge in [0.2, 0.25) is 0 Å². The molecular weight excluding hydrogens is 206 g/mol. The first-order valence-electron chi connectivity index (χ1n) is 5.56. The van der Waals surface area contributed by atoms with E-state index in [0.29, 0.717) is 11.4 Å². The molecule has 0 spiro atoms. The van der Waals surface area contributed by atoms with Gasteiger partial charge in [0, 0.05) is 30.5 Å². The predicted octanol–water partition coefficient (Wildman–Crippen LogP) is 0.488. The zero-order valence-corrected chi connectivity index (χ0v) is 9.07.